The number of carbonyl (C=O) groups excluding carboxylic acids is 1. The highest BCUT2D eigenvalue weighted by Gasteiger charge is 2.15. The minimum atomic E-state index is -3.41. The van der Waals surface area contributed by atoms with Gasteiger partial charge in [0.2, 0.25) is 15.9 Å². The van der Waals surface area contributed by atoms with Crippen molar-refractivity contribution in [1.29, 1.82) is 0 Å². The summed E-state index contributed by atoms with van der Waals surface area (Å²) in [4.78, 5) is 14.0. The quantitative estimate of drug-likeness (QED) is 0.182. The van der Waals surface area contributed by atoms with Crippen LogP contribution in [0.1, 0.15) is 28.7 Å². The third-order valence-electron chi connectivity index (χ3n) is 6.69. The van der Waals surface area contributed by atoms with Crippen molar-refractivity contribution in [2.24, 2.45) is 0 Å². The lowest BCUT2D eigenvalue weighted by Crippen LogP contribution is -2.26. The summed E-state index contributed by atoms with van der Waals surface area (Å²) < 4.78 is 32.5. The number of amides is 1. The highest BCUT2D eigenvalue weighted by molar-refractivity contribution is 7.92. The van der Waals surface area contributed by atoms with E-state index in [4.69, 9.17) is 9.84 Å². The van der Waals surface area contributed by atoms with Crippen LogP contribution in [0.2, 0.25) is 0 Å². The van der Waals surface area contributed by atoms with Gasteiger partial charge in [-0.2, -0.15) is 0 Å². The Morgan fingerprint density at radius 2 is 1.40 bits per heavy atom. The third-order valence-corrected chi connectivity index (χ3v) is 7.28. The molecule has 0 saturated heterocycles. The maximum absolute atomic E-state index is 11.9. The fraction of sp³-hybridized carbons (Fsp3) is 0.242. The molecule has 42 heavy (non-hydrogen) atoms. The van der Waals surface area contributed by atoms with E-state index in [1.807, 2.05) is 85.8 Å². The zero-order valence-corrected chi connectivity index (χ0v) is 24.7. The van der Waals surface area contributed by atoms with Gasteiger partial charge in [0.25, 0.3) is 0 Å². The number of rotatable bonds is 14. The first kappa shape index (κ1) is 30.6. The van der Waals surface area contributed by atoms with Gasteiger partial charge < -0.3 is 20.1 Å². The van der Waals surface area contributed by atoms with Crippen LogP contribution in [0, 0.1) is 6.92 Å². The van der Waals surface area contributed by atoms with Crippen LogP contribution >= 0.6 is 0 Å². The maximum atomic E-state index is 11.9. The minimum Gasteiger partial charge on any atom is -0.457 e. The van der Waals surface area contributed by atoms with Crippen molar-refractivity contribution >= 4 is 27.3 Å². The molecule has 0 atom stereocenters. The number of aryl methyl sites for hydroxylation is 1. The highest BCUT2D eigenvalue weighted by Crippen LogP contribution is 2.30. The molecular formula is C33H37N3O5S. The van der Waals surface area contributed by atoms with Gasteiger partial charge in [0.05, 0.1) is 18.6 Å². The Morgan fingerprint density at radius 3 is 2.00 bits per heavy atom. The molecule has 0 aromatic heterocycles. The molecule has 0 bridgehead atoms. The van der Waals surface area contributed by atoms with Crippen molar-refractivity contribution in [2.75, 3.05) is 29.0 Å². The fourth-order valence-corrected chi connectivity index (χ4v) is 5.21. The molecule has 220 valence electrons. The van der Waals surface area contributed by atoms with Crippen molar-refractivity contribution in [3.05, 3.63) is 119 Å². The molecule has 0 unspecified atom stereocenters. The van der Waals surface area contributed by atoms with E-state index in [1.165, 1.54) is 0 Å². The Labute approximate surface area is 248 Å². The van der Waals surface area contributed by atoms with E-state index >= 15 is 0 Å². The Morgan fingerprint density at radius 1 is 0.810 bits per heavy atom. The van der Waals surface area contributed by atoms with Crippen LogP contribution in [0.5, 0.6) is 11.5 Å². The Hall–Kier alpha value is -4.34. The topological polar surface area (TPSA) is 108 Å². The summed E-state index contributed by atoms with van der Waals surface area (Å²) >= 11 is 0. The number of carbonyl (C=O) groups is 1. The number of nitrogens with one attached hydrogen (secondary N) is 2. The largest absolute Gasteiger partial charge is 0.457 e. The smallest absolute Gasteiger partial charge is 0.229 e. The van der Waals surface area contributed by atoms with Gasteiger partial charge in [0.1, 0.15) is 11.5 Å². The molecule has 0 aliphatic rings. The molecule has 1 amide bonds. The van der Waals surface area contributed by atoms with Crippen LogP contribution in [0.3, 0.4) is 0 Å². The number of hydrogen-bond donors (Lipinski definition) is 3. The number of aliphatic hydroxyl groups is 1. The lowest BCUT2D eigenvalue weighted by atomic mass is 10.1. The fourth-order valence-electron chi connectivity index (χ4n) is 4.59. The third kappa shape index (κ3) is 9.36. The predicted octanol–water partition coefficient (Wildman–Crippen LogP) is 5.41. The van der Waals surface area contributed by atoms with Crippen LogP contribution in [-0.4, -0.2) is 38.8 Å². The first-order valence-corrected chi connectivity index (χ1v) is 15.7. The number of hydrogen-bond acceptors (Lipinski definition) is 6. The summed E-state index contributed by atoms with van der Waals surface area (Å²) in [7, 11) is -3.41. The molecule has 0 aliphatic heterocycles. The number of anilines is 2. The van der Waals surface area contributed by atoms with E-state index in [2.05, 4.69) is 27.1 Å². The summed E-state index contributed by atoms with van der Waals surface area (Å²) in [5.41, 5.74) is 5.61. The van der Waals surface area contributed by atoms with Gasteiger partial charge in [0, 0.05) is 31.7 Å². The van der Waals surface area contributed by atoms with Gasteiger partial charge >= 0.3 is 0 Å². The maximum Gasteiger partial charge on any atom is 0.229 e. The van der Waals surface area contributed by atoms with Gasteiger partial charge in [-0.1, -0.05) is 60.7 Å². The van der Waals surface area contributed by atoms with Crippen molar-refractivity contribution < 1.29 is 23.1 Å². The Balaban J connectivity index is 1.45. The molecule has 0 radical (unpaired) electrons. The summed E-state index contributed by atoms with van der Waals surface area (Å²) in [6.07, 6.45) is 2.13. The van der Waals surface area contributed by atoms with E-state index in [0.717, 1.165) is 34.2 Å². The number of benzene rings is 4. The molecule has 4 aromatic rings. The second kappa shape index (κ2) is 14.5. The average molecular weight is 588 g/mol. The summed E-state index contributed by atoms with van der Waals surface area (Å²) in [5.74, 6) is 1.33. The molecule has 0 fully saturated rings. The zero-order valence-electron chi connectivity index (χ0n) is 23.9. The predicted molar refractivity (Wildman–Crippen MR) is 167 cm³/mol. The normalized spacial score (nSPS) is 11.1. The average Bonchev–Trinajstić information content (AvgIpc) is 2.97. The monoisotopic (exact) mass is 587 g/mol. The van der Waals surface area contributed by atoms with E-state index in [9.17, 15) is 13.2 Å². The summed E-state index contributed by atoms with van der Waals surface area (Å²) in [6, 6.07) is 31.4. The van der Waals surface area contributed by atoms with Crippen LogP contribution < -0.4 is 19.7 Å². The second-order valence-corrected chi connectivity index (χ2v) is 11.9. The van der Waals surface area contributed by atoms with Gasteiger partial charge in [-0.25, -0.2) is 8.42 Å². The van der Waals surface area contributed by atoms with Crippen LogP contribution in [-0.2, 0) is 34.3 Å². The SMILES string of the molecule is Cc1c(NS(C)(=O)=O)cccc1N(Cc1ccccc1)Cc1ccc(Oc2ccc(CCC(=O)NCCO)cc2)cc1. The molecule has 4 rings (SSSR count). The van der Waals surface area contributed by atoms with Crippen molar-refractivity contribution in [3.8, 4) is 11.5 Å². The number of nitrogens with zero attached hydrogens (tertiary/aromatic N) is 1. The van der Waals surface area contributed by atoms with Gasteiger partial charge in [-0.3, -0.25) is 9.52 Å². The van der Waals surface area contributed by atoms with Gasteiger partial charge in [0.15, 0.2) is 0 Å². The second-order valence-electron chi connectivity index (χ2n) is 10.1. The van der Waals surface area contributed by atoms with Crippen molar-refractivity contribution in [3.63, 3.8) is 0 Å². The lowest BCUT2D eigenvalue weighted by molar-refractivity contribution is -0.121. The van der Waals surface area contributed by atoms with Crippen LogP contribution in [0.4, 0.5) is 11.4 Å². The van der Waals surface area contributed by atoms with E-state index in [-0.39, 0.29) is 19.1 Å². The molecule has 0 heterocycles. The molecule has 0 spiro atoms. The minimum absolute atomic E-state index is 0.0662. The number of ether oxygens (including phenoxy) is 1. The highest BCUT2D eigenvalue weighted by atomic mass is 32.2. The summed E-state index contributed by atoms with van der Waals surface area (Å²) in [6.45, 7) is 3.39. The number of sulfonamides is 1. The molecule has 0 aliphatic carbocycles. The Kier molecular flexibility index (Phi) is 10.6. The van der Waals surface area contributed by atoms with Gasteiger partial charge in [-0.05, 0) is 72.0 Å². The van der Waals surface area contributed by atoms with Crippen LogP contribution in [0.25, 0.3) is 0 Å². The molecule has 3 N–H and O–H groups in total. The van der Waals surface area contributed by atoms with E-state index < -0.39 is 10.0 Å². The van der Waals surface area contributed by atoms with E-state index in [0.29, 0.717) is 43.1 Å². The zero-order chi connectivity index (χ0) is 30.0. The standard InChI is InChI=1S/C33H37N3O5S/c1-25-31(35-42(2,39)40)9-6-10-32(25)36(23-27-7-4-3-5-8-27)24-28-13-18-30(19-14-28)41-29-16-11-26(12-17-29)15-20-33(38)34-21-22-37/h3-14,16-19,35,37H,15,20-24H2,1-2H3,(H,34,38). The molecule has 8 nitrogen and oxygen atoms in total. The first-order valence-electron chi connectivity index (χ1n) is 13.8. The number of aliphatic hydroxyl groups excluding tert-OH is 1. The molecule has 4 aromatic carbocycles. The summed E-state index contributed by atoms with van der Waals surface area (Å²) in [5, 5.41) is 11.5. The molecular weight excluding hydrogens is 550 g/mol. The van der Waals surface area contributed by atoms with Crippen molar-refractivity contribution in [2.45, 2.75) is 32.9 Å². The molecule has 9 heteroatoms. The van der Waals surface area contributed by atoms with E-state index in [1.54, 1.807) is 6.07 Å². The first-order chi connectivity index (χ1) is 20.2. The lowest BCUT2D eigenvalue weighted by Gasteiger charge is -2.28. The molecule has 0 saturated carbocycles. The van der Waals surface area contributed by atoms with Crippen molar-refractivity contribution in [1.82, 2.24) is 5.32 Å². The van der Waals surface area contributed by atoms with Crippen LogP contribution in [0.15, 0.2) is 97.1 Å². The van der Waals surface area contributed by atoms with Gasteiger partial charge in [-0.15, -0.1) is 0 Å². The Bertz CT molecular complexity index is 1560.